The number of ketones is 2. The molecule has 0 radical (unpaired) electrons. The Morgan fingerprint density at radius 2 is 0.887 bits per heavy atom. The molecule has 0 bridgehead atoms. The summed E-state index contributed by atoms with van der Waals surface area (Å²) < 4.78 is 23.0. The molecule has 0 spiro atoms. The van der Waals surface area contributed by atoms with Crippen molar-refractivity contribution in [3.8, 4) is 23.0 Å². The number of hydrogen-bond acceptors (Lipinski definition) is 18. The number of benzene rings is 4. The second-order valence-electron chi connectivity index (χ2n) is 15.2. The van der Waals surface area contributed by atoms with Gasteiger partial charge < -0.3 is 80.2 Å². The number of aliphatic hydroxyl groups excluding tert-OH is 8. The van der Waals surface area contributed by atoms with Crippen molar-refractivity contribution in [2.45, 2.75) is 73.2 Å². The molecule has 12 atom stereocenters. The molecule has 20 heteroatoms. The highest BCUT2D eigenvalue weighted by Gasteiger charge is 2.50. The smallest absolute Gasteiger partial charge is 0.335 e. The molecule has 62 heavy (non-hydrogen) atoms. The molecule has 2 aliphatic carbocycles. The monoisotopic (exact) mass is 862 g/mol. The lowest BCUT2D eigenvalue weighted by Crippen LogP contribution is -2.60. The molecule has 2 aliphatic heterocycles. The molecule has 326 valence electrons. The fourth-order valence-electron chi connectivity index (χ4n) is 8.71. The van der Waals surface area contributed by atoms with Crippen molar-refractivity contribution in [1.29, 1.82) is 0 Å². The molecule has 2 fully saturated rings. The van der Waals surface area contributed by atoms with E-state index in [0.717, 1.165) is 24.3 Å². The zero-order valence-electron chi connectivity index (χ0n) is 31.7. The van der Waals surface area contributed by atoms with E-state index in [2.05, 4.69) is 0 Å². The summed E-state index contributed by atoms with van der Waals surface area (Å²) in [5.41, 5.74) is -2.87. The van der Waals surface area contributed by atoms with Gasteiger partial charge in [0.15, 0.2) is 0 Å². The third-order valence-electron chi connectivity index (χ3n) is 11.7. The second kappa shape index (κ2) is 16.0. The van der Waals surface area contributed by atoms with E-state index in [1.54, 1.807) is 0 Å². The highest BCUT2D eigenvalue weighted by molar-refractivity contribution is 6.18. The molecular weight excluding hydrogens is 824 g/mol. The first-order chi connectivity index (χ1) is 29.5. The first-order valence-electron chi connectivity index (χ1n) is 19.0. The van der Waals surface area contributed by atoms with Gasteiger partial charge in [0.1, 0.15) is 71.8 Å². The van der Waals surface area contributed by atoms with Crippen LogP contribution in [0.15, 0.2) is 60.7 Å². The van der Waals surface area contributed by atoms with E-state index in [1.807, 2.05) is 0 Å². The van der Waals surface area contributed by atoms with Crippen LogP contribution in [-0.2, 0) is 9.47 Å². The number of phenols is 2. The quantitative estimate of drug-likeness (QED) is 0.0950. The van der Waals surface area contributed by atoms with Gasteiger partial charge in [0.2, 0.25) is 24.1 Å². The Balaban J connectivity index is 1.38. The fourth-order valence-corrected chi connectivity index (χ4v) is 8.71. The Hall–Kier alpha value is -6.04. The van der Waals surface area contributed by atoms with E-state index in [-0.39, 0.29) is 44.9 Å². The van der Waals surface area contributed by atoms with Crippen LogP contribution >= 0.6 is 0 Å². The van der Waals surface area contributed by atoms with Gasteiger partial charge in [0.05, 0.1) is 46.6 Å². The third-order valence-corrected chi connectivity index (χ3v) is 11.7. The minimum Gasteiger partial charge on any atom is -0.507 e. The summed E-state index contributed by atoms with van der Waals surface area (Å²) >= 11 is 0. The van der Waals surface area contributed by atoms with Crippen LogP contribution in [0.5, 0.6) is 23.0 Å². The second-order valence-corrected chi connectivity index (χ2v) is 15.2. The summed E-state index contributed by atoms with van der Waals surface area (Å²) in [6.07, 6.45) is -17.7. The summed E-state index contributed by atoms with van der Waals surface area (Å²) in [7, 11) is 0. The van der Waals surface area contributed by atoms with Crippen molar-refractivity contribution < 1.29 is 99.4 Å². The topological polar surface area (TPSA) is 348 Å². The molecule has 0 amide bonds. The molecule has 0 saturated carbocycles. The predicted octanol–water partition coefficient (Wildman–Crippen LogP) is -1.10. The number of carbonyl (C=O) groups excluding carboxylic acids is 2. The summed E-state index contributed by atoms with van der Waals surface area (Å²) in [6, 6.07) is 11.9. The number of fused-ring (bicyclic) bond motifs is 4. The molecule has 4 aromatic rings. The zero-order chi connectivity index (χ0) is 44.6. The molecule has 4 aromatic carbocycles. The maximum atomic E-state index is 14.7. The van der Waals surface area contributed by atoms with Gasteiger partial charge >= 0.3 is 11.9 Å². The van der Waals surface area contributed by atoms with Crippen LogP contribution in [-0.4, -0.2) is 159 Å². The molecule has 4 aliphatic rings. The number of ether oxygens (including phenoxy) is 4. The Kier molecular flexibility index (Phi) is 11.0. The van der Waals surface area contributed by atoms with Crippen LogP contribution in [0.4, 0.5) is 0 Å². The van der Waals surface area contributed by atoms with Gasteiger partial charge in [0.25, 0.3) is 0 Å². The van der Waals surface area contributed by atoms with Crippen molar-refractivity contribution in [2.75, 3.05) is 13.2 Å². The molecule has 0 unspecified atom stereocenters. The van der Waals surface area contributed by atoms with E-state index in [1.165, 1.54) is 36.4 Å². The number of carboxylic acid groups (broad SMARTS) is 2. The highest BCUT2D eigenvalue weighted by Crippen LogP contribution is 2.56. The van der Waals surface area contributed by atoms with Crippen LogP contribution in [0.2, 0.25) is 0 Å². The summed E-state index contributed by atoms with van der Waals surface area (Å²) in [4.78, 5) is 54.2. The standard InChI is InChI=1S/C42H38O20/c43-11-23-31(47)35(51)37(53)41(61-23)59-21-5-1-3-15-25(17-7-13(39(55)56)9-19(45)27(17)33(49)29(15)21)26-16-4-2-6-22(60-42-38(54)36(52)32(48)24(12-44)62-42)30(16)34(50)28-18(26)8-14(40(57)58)10-20(28)46/h1-10,23-26,31-32,35-38,41-48,51-54H,11-12H2,(H,55,56)(H,57,58)/t23-,24+,25-,26-,31-,32+,35+,36-,37-,38-,41-,42+/m0/s1. The number of carboxylic acids is 2. The highest BCUT2D eigenvalue weighted by atomic mass is 16.7. The van der Waals surface area contributed by atoms with Gasteiger partial charge in [-0.2, -0.15) is 0 Å². The maximum absolute atomic E-state index is 14.7. The van der Waals surface area contributed by atoms with Crippen molar-refractivity contribution in [2.24, 2.45) is 0 Å². The maximum Gasteiger partial charge on any atom is 0.335 e. The summed E-state index contributed by atoms with van der Waals surface area (Å²) in [6.45, 7) is -1.64. The number of hydrogen-bond donors (Lipinski definition) is 12. The molecule has 2 saturated heterocycles. The summed E-state index contributed by atoms with van der Waals surface area (Å²) in [5.74, 6) is -10.1. The minimum atomic E-state index is -1.94. The van der Waals surface area contributed by atoms with E-state index in [9.17, 15) is 80.5 Å². The average molecular weight is 863 g/mol. The van der Waals surface area contributed by atoms with Gasteiger partial charge in [-0.05, 0) is 58.7 Å². The SMILES string of the molecule is O=C(O)c1cc(O)c2c(c1)[C@@H]([C@@H]1c3cc(C(=O)O)cc(O)c3C(=O)c3c(O[C@H]4O[C@@H](CO)[C@H](O)[C@@H](O)[C@@H]4O)cccc31)c1cccc(O[C@@H]3O[C@H](CO)[C@@H](O)[C@H](O)[C@@H]3O)c1C2=O. The molecule has 0 aromatic heterocycles. The van der Waals surface area contributed by atoms with Crippen molar-refractivity contribution in [3.63, 3.8) is 0 Å². The minimum absolute atomic E-state index is 0.00301. The predicted molar refractivity (Wildman–Crippen MR) is 202 cm³/mol. The van der Waals surface area contributed by atoms with Gasteiger partial charge in [-0.1, -0.05) is 24.3 Å². The first-order valence-corrected chi connectivity index (χ1v) is 19.0. The van der Waals surface area contributed by atoms with E-state index < -0.39 is 144 Å². The Bertz CT molecular complexity index is 2330. The lowest BCUT2D eigenvalue weighted by Gasteiger charge is -2.41. The lowest BCUT2D eigenvalue weighted by atomic mass is 9.63. The largest absolute Gasteiger partial charge is 0.507 e. The van der Waals surface area contributed by atoms with Crippen molar-refractivity contribution in [1.82, 2.24) is 0 Å². The van der Waals surface area contributed by atoms with Crippen molar-refractivity contribution >= 4 is 23.5 Å². The number of rotatable bonds is 9. The number of phenolic OH excluding ortho intramolecular Hbond substituents is 2. The number of carbonyl (C=O) groups is 4. The van der Waals surface area contributed by atoms with Crippen LogP contribution in [0.1, 0.15) is 86.6 Å². The first kappa shape index (κ1) is 42.6. The van der Waals surface area contributed by atoms with E-state index in [4.69, 9.17) is 18.9 Å². The lowest BCUT2D eigenvalue weighted by molar-refractivity contribution is -0.277. The van der Waals surface area contributed by atoms with Gasteiger partial charge in [-0.25, -0.2) is 9.59 Å². The zero-order valence-corrected chi connectivity index (χ0v) is 31.7. The van der Waals surface area contributed by atoms with Gasteiger partial charge in [-0.15, -0.1) is 0 Å². The molecule has 20 nitrogen and oxygen atoms in total. The molecule has 12 N–H and O–H groups in total. The Morgan fingerprint density at radius 3 is 1.23 bits per heavy atom. The molecule has 2 heterocycles. The fraction of sp³-hybridized carbons (Fsp3) is 0.333. The van der Waals surface area contributed by atoms with Crippen molar-refractivity contribution in [3.05, 3.63) is 116 Å². The van der Waals surface area contributed by atoms with Gasteiger partial charge in [0, 0.05) is 11.8 Å². The Labute approximate surface area is 348 Å². The van der Waals surface area contributed by atoms with Gasteiger partial charge in [-0.3, -0.25) is 9.59 Å². The van der Waals surface area contributed by atoms with Crippen LogP contribution < -0.4 is 9.47 Å². The number of aromatic carboxylic acids is 2. The van der Waals surface area contributed by atoms with Crippen LogP contribution in [0.25, 0.3) is 0 Å². The Morgan fingerprint density at radius 1 is 0.516 bits per heavy atom. The van der Waals surface area contributed by atoms with Crippen LogP contribution in [0.3, 0.4) is 0 Å². The average Bonchev–Trinajstić information content (AvgIpc) is 3.24. The van der Waals surface area contributed by atoms with Crippen LogP contribution in [0, 0.1) is 0 Å². The summed E-state index contributed by atoms with van der Waals surface area (Å²) in [5, 5.41) is 126. The molecular formula is C42H38O20. The van der Waals surface area contributed by atoms with E-state index >= 15 is 0 Å². The van der Waals surface area contributed by atoms with E-state index in [0.29, 0.717) is 0 Å². The normalized spacial score (nSPS) is 30.1. The number of aromatic hydroxyl groups is 2. The number of aliphatic hydroxyl groups is 8. The third kappa shape index (κ3) is 6.73. The molecule has 8 rings (SSSR count).